The van der Waals surface area contributed by atoms with Crippen molar-refractivity contribution in [2.75, 3.05) is 40.3 Å². The van der Waals surface area contributed by atoms with E-state index in [1.54, 1.807) is 14.2 Å². The Morgan fingerprint density at radius 2 is 1.90 bits per heavy atom. The number of nitrogens with one attached hydrogen (secondary N) is 3. The van der Waals surface area contributed by atoms with E-state index in [4.69, 9.17) is 9.72 Å². The van der Waals surface area contributed by atoms with Crippen molar-refractivity contribution in [2.45, 2.75) is 63.7 Å². The van der Waals surface area contributed by atoms with Gasteiger partial charge >= 0.3 is 0 Å². The Hall–Kier alpha value is -3.46. The molecule has 210 valence electrons. The van der Waals surface area contributed by atoms with Gasteiger partial charge in [-0.1, -0.05) is 37.5 Å². The van der Waals surface area contributed by atoms with Gasteiger partial charge < -0.3 is 25.3 Å². The second-order valence-corrected chi connectivity index (χ2v) is 10.3. The summed E-state index contributed by atoms with van der Waals surface area (Å²) in [4.78, 5) is 39.5. The molecule has 1 aliphatic rings. The number of para-hydroxylation sites is 1. The van der Waals surface area contributed by atoms with Crippen LogP contribution in [0.15, 0.2) is 36.5 Å². The zero-order chi connectivity index (χ0) is 27.5. The Bertz CT molecular complexity index is 1220. The SMILES string of the molecule is CNC(=O)CCCCCC(CNC(=O)CCN1CCCCC1)c1ncc(-c2cc3ccccc3nc2OC)[nH]1. The molecule has 1 aliphatic heterocycles. The molecular weight excluding hydrogens is 492 g/mol. The number of nitrogens with zero attached hydrogens (tertiary/aromatic N) is 3. The van der Waals surface area contributed by atoms with Gasteiger partial charge in [0.2, 0.25) is 17.7 Å². The van der Waals surface area contributed by atoms with Crippen LogP contribution in [-0.4, -0.2) is 72.0 Å². The first-order valence-corrected chi connectivity index (χ1v) is 14.3. The molecular formula is C30H42N6O3. The standard InChI is InChI=1S/C30H42N6O3/c1-31-27(37)14-6-3-5-12-23(20-32-28(38)15-18-36-16-9-4-10-17-36)29-33-21-26(34-29)24-19-22-11-7-8-13-25(22)35-30(24)39-2/h7-8,11,13,19,21,23H,3-6,9-10,12,14-18,20H2,1-2H3,(H,31,37)(H,32,38)(H,33,34). The Balaban J connectivity index is 1.42. The van der Waals surface area contributed by atoms with Gasteiger partial charge in [0.1, 0.15) is 5.82 Å². The van der Waals surface area contributed by atoms with E-state index < -0.39 is 0 Å². The van der Waals surface area contributed by atoms with E-state index in [1.807, 2.05) is 30.5 Å². The molecule has 2 amide bonds. The molecule has 1 aromatic carbocycles. The van der Waals surface area contributed by atoms with E-state index in [1.165, 1.54) is 19.3 Å². The number of piperidine rings is 1. The molecule has 3 heterocycles. The number of fused-ring (bicyclic) bond motifs is 1. The molecule has 4 rings (SSSR count). The van der Waals surface area contributed by atoms with Crippen molar-refractivity contribution in [2.24, 2.45) is 0 Å². The van der Waals surface area contributed by atoms with E-state index in [2.05, 4.69) is 31.6 Å². The van der Waals surface area contributed by atoms with Crippen LogP contribution in [0.1, 0.15) is 69.5 Å². The molecule has 9 nitrogen and oxygen atoms in total. The van der Waals surface area contributed by atoms with E-state index in [9.17, 15) is 9.59 Å². The Morgan fingerprint density at radius 3 is 2.69 bits per heavy atom. The summed E-state index contributed by atoms with van der Waals surface area (Å²) in [5.74, 6) is 1.57. The maximum atomic E-state index is 12.7. The van der Waals surface area contributed by atoms with Crippen LogP contribution in [0, 0.1) is 0 Å². The average Bonchev–Trinajstić information content (AvgIpc) is 3.47. The van der Waals surface area contributed by atoms with Crippen molar-refractivity contribution in [3.8, 4) is 17.1 Å². The van der Waals surface area contributed by atoms with Crippen LogP contribution in [0.25, 0.3) is 22.2 Å². The number of benzene rings is 1. The van der Waals surface area contributed by atoms with Crippen molar-refractivity contribution in [3.63, 3.8) is 0 Å². The number of aromatic amines is 1. The molecule has 1 unspecified atom stereocenters. The van der Waals surface area contributed by atoms with Gasteiger partial charge in [-0.2, -0.15) is 0 Å². The number of hydrogen-bond donors (Lipinski definition) is 3. The maximum absolute atomic E-state index is 12.7. The lowest BCUT2D eigenvalue weighted by Crippen LogP contribution is -2.35. The highest BCUT2D eigenvalue weighted by molar-refractivity contribution is 5.85. The molecule has 0 saturated carbocycles. The minimum Gasteiger partial charge on any atom is -0.480 e. The first kappa shape index (κ1) is 28.5. The number of rotatable bonds is 14. The Labute approximate surface area is 231 Å². The second kappa shape index (κ2) is 14.6. The summed E-state index contributed by atoms with van der Waals surface area (Å²) in [6.07, 6.45) is 10.2. The van der Waals surface area contributed by atoms with Crippen LogP contribution in [0.3, 0.4) is 0 Å². The maximum Gasteiger partial charge on any atom is 0.223 e. The number of aromatic nitrogens is 3. The summed E-state index contributed by atoms with van der Waals surface area (Å²) in [6, 6.07) is 10.0. The molecule has 2 aromatic heterocycles. The number of carbonyl (C=O) groups excluding carboxylic acids is 2. The van der Waals surface area contributed by atoms with Crippen LogP contribution < -0.4 is 15.4 Å². The van der Waals surface area contributed by atoms with Crippen molar-refractivity contribution in [1.82, 2.24) is 30.5 Å². The van der Waals surface area contributed by atoms with Gasteiger partial charge in [0.15, 0.2) is 0 Å². The third-order valence-electron chi connectivity index (χ3n) is 7.54. The summed E-state index contributed by atoms with van der Waals surface area (Å²) in [7, 11) is 3.29. The lowest BCUT2D eigenvalue weighted by molar-refractivity contribution is -0.122. The van der Waals surface area contributed by atoms with E-state index in [-0.39, 0.29) is 17.7 Å². The summed E-state index contributed by atoms with van der Waals surface area (Å²) in [6.45, 7) is 3.52. The molecule has 1 saturated heterocycles. The topological polar surface area (TPSA) is 112 Å². The molecule has 0 radical (unpaired) electrons. The number of hydrogen-bond acceptors (Lipinski definition) is 6. The summed E-state index contributed by atoms with van der Waals surface area (Å²) in [5.41, 5.74) is 2.56. The summed E-state index contributed by atoms with van der Waals surface area (Å²) in [5, 5.41) is 6.86. The number of unbranched alkanes of at least 4 members (excludes halogenated alkanes) is 2. The molecule has 0 bridgehead atoms. The molecule has 3 N–H and O–H groups in total. The Kier molecular flexibility index (Phi) is 10.7. The highest BCUT2D eigenvalue weighted by Crippen LogP contribution is 2.32. The summed E-state index contributed by atoms with van der Waals surface area (Å²) >= 11 is 0. The van der Waals surface area contributed by atoms with Crippen molar-refractivity contribution < 1.29 is 14.3 Å². The number of likely N-dealkylation sites (tertiary alicyclic amines) is 1. The second-order valence-electron chi connectivity index (χ2n) is 10.3. The number of pyridine rings is 1. The van der Waals surface area contributed by atoms with Gasteiger partial charge in [-0.15, -0.1) is 0 Å². The van der Waals surface area contributed by atoms with Crippen molar-refractivity contribution in [1.29, 1.82) is 0 Å². The number of ether oxygens (including phenoxy) is 1. The predicted molar refractivity (Wildman–Crippen MR) is 154 cm³/mol. The lowest BCUT2D eigenvalue weighted by atomic mass is 9.99. The van der Waals surface area contributed by atoms with Crippen molar-refractivity contribution in [3.05, 3.63) is 42.4 Å². The quantitative estimate of drug-likeness (QED) is 0.264. The molecule has 1 atom stereocenters. The number of H-pyrrole nitrogens is 1. The largest absolute Gasteiger partial charge is 0.480 e. The zero-order valence-corrected chi connectivity index (χ0v) is 23.3. The zero-order valence-electron chi connectivity index (χ0n) is 23.3. The highest BCUT2D eigenvalue weighted by atomic mass is 16.5. The van der Waals surface area contributed by atoms with Gasteiger partial charge in [-0.25, -0.2) is 9.97 Å². The predicted octanol–water partition coefficient (Wildman–Crippen LogP) is 4.41. The number of carbonyl (C=O) groups is 2. The monoisotopic (exact) mass is 534 g/mol. The fourth-order valence-electron chi connectivity index (χ4n) is 5.21. The number of amides is 2. The third-order valence-corrected chi connectivity index (χ3v) is 7.54. The molecule has 0 spiro atoms. The van der Waals surface area contributed by atoms with Gasteiger partial charge in [0.25, 0.3) is 0 Å². The van der Waals surface area contributed by atoms with Gasteiger partial charge in [0.05, 0.1) is 30.1 Å². The van der Waals surface area contributed by atoms with Crippen LogP contribution >= 0.6 is 0 Å². The minimum atomic E-state index is 0.0390. The fourth-order valence-corrected chi connectivity index (χ4v) is 5.21. The normalized spacial score (nSPS) is 14.7. The van der Waals surface area contributed by atoms with Crippen molar-refractivity contribution >= 4 is 22.7 Å². The van der Waals surface area contributed by atoms with E-state index in [0.717, 1.165) is 73.3 Å². The van der Waals surface area contributed by atoms with Gasteiger partial charge in [-0.05, 0) is 50.9 Å². The number of imidazole rings is 1. The van der Waals surface area contributed by atoms with E-state index in [0.29, 0.717) is 25.3 Å². The first-order chi connectivity index (χ1) is 19.1. The van der Waals surface area contributed by atoms with Gasteiger partial charge in [0, 0.05) is 44.3 Å². The minimum absolute atomic E-state index is 0.0390. The molecule has 39 heavy (non-hydrogen) atoms. The van der Waals surface area contributed by atoms with Crippen LogP contribution in [0.2, 0.25) is 0 Å². The molecule has 0 aliphatic carbocycles. The fraction of sp³-hybridized carbons (Fsp3) is 0.533. The average molecular weight is 535 g/mol. The van der Waals surface area contributed by atoms with Crippen LogP contribution in [-0.2, 0) is 9.59 Å². The third kappa shape index (κ3) is 8.26. The highest BCUT2D eigenvalue weighted by Gasteiger charge is 2.20. The van der Waals surface area contributed by atoms with Crippen LogP contribution in [0.4, 0.5) is 0 Å². The first-order valence-electron chi connectivity index (χ1n) is 14.3. The van der Waals surface area contributed by atoms with Crippen LogP contribution in [0.5, 0.6) is 5.88 Å². The van der Waals surface area contributed by atoms with Gasteiger partial charge in [-0.3, -0.25) is 9.59 Å². The Morgan fingerprint density at radius 1 is 1.08 bits per heavy atom. The molecule has 1 fully saturated rings. The molecule has 3 aromatic rings. The molecule has 9 heteroatoms. The van der Waals surface area contributed by atoms with E-state index >= 15 is 0 Å². The smallest absolute Gasteiger partial charge is 0.223 e. The number of methoxy groups -OCH3 is 1. The summed E-state index contributed by atoms with van der Waals surface area (Å²) < 4.78 is 5.60. The lowest BCUT2D eigenvalue weighted by Gasteiger charge is -2.26.